The monoisotopic (exact) mass is 531 g/mol. The molecule has 28 heavy (non-hydrogen) atoms. The number of methoxy groups -OCH3 is 1. The lowest BCUT2D eigenvalue weighted by Gasteiger charge is -2.36. The standard InChI is InChI=1S/C18H16Br2ClN3O4/c1-28-17-12(9-11(19)10-13(17)20)18(25)23-7-5-22(6-8-23)16-14(21)3-2-4-15(16)24(26)27/h2-4,9-10H,5-8H2,1H3. The number of nitro groups is 1. The first kappa shape index (κ1) is 20.9. The van der Waals surface area contributed by atoms with Crippen molar-refractivity contribution >= 4 is 60.7 Å². The molecule has 0 saturated carbocycles. The van der Waals surface area contributed by atoms with Crippen LogP contribution in [0.1, 0.15) is 10.4 Å². The van der Waals surface area contributed by atoms with Crippen LogP contribution in [0.3, 0.4) is 0 Å². The van der Waals surface area contributed by atoms with Crippen LogP contribution >= 0.6 is 43.5 Å². The van der Waals surface area contributed by atoms with E-state index in [4.69, 9.17) is 16.3 Å². The molecule has 0 radical (unpaired) electrons. The second-order valence-corrected chi connectivity index (χ2v) is 8.29. The number of anilines is 1. The van der Waals surface area contributed by atoms with Crippen molar-refractivity contribution in [1.82, 2.24) is 4.90 Å². The Hall–Kier alpha value is -1.84. The molecule has 0 N–H and O–H groups in total. The number of carbonyl (C=O) groups is 1. The van der Waals surface area contributed by atoms with Gasteiger partial charge in [0.25, 0.3) is 11.6 Å². The minimum Gasteiger partial charge on any atom is -0.495 e. The number of nitro benzene ring substituents is 1. The summed E-state index contributed by atoms with van der Waals surface area (Å²) in [4.78, 5) is 27.5. The topological polar surface area (TPSA) is 75.9 Å². The zero-order valence-corrected chi connectivity index (χ0v) is 18.8. The van der Waals surface area contributed by atoms with Gasteiger partial charge in [-0.15, -0.1) is 0 Å². The third kappa shape index (κ3) is 4.11. The van der Waals surface area contributed by atoms with Crippen LogP contribution in [0.25, 0.3) is 0 Å². The molecule has 3 rings (SSSR count). The first-order chi connectivity index (χ1) is 13.3. The second kappa shape index (κ2) is 8.67. The molecule has 2 aromatic rings. The lowest BCUT2D eigenvalue weighted by molar-refractivity contribution is -0.384. The number of benzene rings is 2. The molecule has 2 aromatic carbocycles. The van der Waals surface area contributed by atoms with Crippen molar-refractivity contribution in [1.29, 1.82) is 0 Å². The molecule has 0 aromatic heterocycles. The molecule has 148 valence electrons. The molecule has 0 atom stereocenters. The van der Waals surface area contributed by atoms with Crippen molar-refractivity contribution in [3.8, 4) is 5.75 Å². The van der Waals surface area contributed by atoms with Crippen molar-refractivity contribution in [2.24, 2.45) is 0 Å². The fourth-order valence-electron chi connectivity index (χ4n) is 3.19. The van der Waals surface area contributed by atoms with Crippen LogP contribution in [0.4, 0.5) is 11.4 Å². The predicted octanol–water partition coefficient (Wildman–Crippen LogP) is 4.74. The van der Waals surface area contributed by atoms with E-state index >= 15 is 0 Å². The van der Waals surface area contributed by atoms with Gasteiger partial charge in [0, 0.05) is 36.7 Å². The number of ether oxygens (including phenoxy) is 1. The minimum atomic E-state index is -0.442. The maximum Gasteiger partial charge on any atom is 0.294 e. The summed E-state index contributed by atoms with van der Waals surface area (Å²) in [5, 5.41) is 11.7. The average molecular weight is 534 g/mol. The zero-order chi connectivity index (χ0) is 20.4. The van der Waals surface area contributed by atoms with E-state index in [1.165, 1.54) is 13.2 Å². The molecule has 1 fully saturated rings. The number of amides is 1. The minimum absolute atomic E-state index is 0.0372. The number of hydrogen-bond donors (Lipinski definition) is 0. The molecule has 1 saturated heterocycles. The highest BCUT2D eigenvalue weighted by atomic mass is 79.9. The fourth-order valence-corrected chi connectivity index (χ4v) is 4.87. The largest absolute Gasteiger partial charge is 0.495 e. The summed E-state index contributed by atoms with van der Waals surface area (Å²) in [6, 6.07) is 8.15. The summed E-state index contributed by atoms with van der Waals surface area (Å²) in [6.45, 7) is 1.70. The highest BCUT2D eigenvalue weighted by Gasteiger charge is 2.29. The van der Waals surface area contributed by atoms with E-state index in [2.05, 4.69) is 31.9 Å². The van der Waals surface area contributed by atoms with E-state index in [0.717, 1.165) is 4.47 Å². The number of hydrogen-bond acceptors (Lipinski definition) is 5. The molecule has 0 aliphatic carbocycles. The molecule has 7 nitrogen and oxygen atoms in total. The van der Waals surface area contributed by atoms with E-state index in [9.17, 15) is 14.9 Å². The van der Waals surface area contributed by atoms with E-state index in [1.807, 2.05) is 11.0 Å². The Morgan fingerprint density at radius 3 is 2.50 bits per heavy atom. The summed E-state index contributed by atoms with van der Waals surface area (Å²) in [6.07, 6.45) is 0. The molecule has 0 spiro atoms. The van der Waals surface area contributed by atoms with Crippen molar-refractivity contribution in [2.75, 3.05) is 38.2 Å². The maximum atomic E-state index is 13.0. The molecule has 1 amide bonds. The first-order valence-electron chi connectivity index (χ1n) is 8.33. The second-order valence-electron chi connectivity index (χ2n) is 6.11. The van der Waals surface area contributed by atoms with Gasteiger partial charge in [-0.05, 0) is 34.1 Å². The van der Waals surface area contributed by atoms with Crippen molar-refractivity contribution < 1.29 is 14.5 Å². The van der Waals surface area contributed by atoms with Gasteiger partial charge < -0.3 is 14.5 Å². The van der Waals surface area contributed by atoms with E-state index in [1.54, 1.807) is 23.1 Å². The molecule has 1 aliphatic rings. The number of rotatable bonds is 4. The zero-order valence-electron chi connectivity index (χ0n) is 14.8. The molecule has 1 heterocycles. The smallest absolute Gasteiger partial charge is 0.294 e. The van der Waals surface area contributed by atoms with Crippen LogP contribution in [-0.4, -0.2) is 49.0 Å². The van der Waals surface area contributed by atoms with Gasteiger partial charge in [0.2, 0.25) is 0 Å². The molecule has 0 unspecified atom stereocenters. The lowest BCUT2D eigenvalue weighted by Crippen LogP contribution is -2.49. The number of piperazine rings is 1. The van der Waals surface area contributed by atoms with Gasteiger partial charge in [0.05, 0.1) is 27.1 Å². The van der Waals surface area contributed by atoms with Gasteiger partial charge in [-0.3, -0.25) is 14.9 Å². The van der Waals surface area contributed by atoms with E-state index in [0.29, 0.717) is 52.7 Å². The molecule has 10 heteroatoms. The van der Waals surface area contributed by atoms with Crippen LogP contribution in [0.2, 0.25) is 5.02 Å². The SMILES string of the molecule is COc1c(Br)cc(Br)cc1C(=O)N1CCN(c2c(Cl)cccc2[N+](=O)[O-])CC1. The molecule has 1 aliphatic heterocycles. The van der Waals surface area contributed by atoms with Crippen LogP contribution in [0.15, 0.2) is 39.3 Å². The van der Waals surface area contributed by atoms with Crippen molar-refractivity contribution in [2.45, 2.75) is 0 Å². The lowest BCUT2D eigenvalue weighted by atomic mass is 10.1. The Balaban J connectivity index is 1.80. The third-order valence-electron chi connectivity index (χ3n) is 4.49. The number of nitrogens with zero attached hydrogens (tertiary/aromatic N) is 3. The summed E-state index contributed by atoms with van der Waals surface area (Å²) < 4.78 is 6.81. The Morgan fingerprint density at radius 2 is 1.89 bits per heavy atom. The van der Waals surface area contributed by atoms with Crippen LogP contribution in [0, 0.1) is 10.1 Å². The number of carbonyl (C=O) groups excluding carboxylic acids is 1. The van der Waals surface area contributed by atoms with Crippen molar-refractivity contribution in [3.05, 3.63) is 60.0 Å². The van der Waals surface area contributed by atoms with Crippen LogP contribution < -0.4 is 9.64 Å². The Labute approximate surface area is 183 Å². The average Bonchev–Trinajstić information content (AvgIpc) is 2.66. The third-order valence-corrected chi connectivity index (χ3v) is 5.84. The molecular formula is C18H16Br2ClN3O4. The summed E-state index contributed by atoms with van der Waals surface area (Å²) in [7, 11) is 1.51. The highest BCUT2D eigenvalue weighted by Crippen LogP contribution is 2.37. The van der Waals surface area contributed by atoms with Crippen LogP contribution in [0.5, 0.6) is 5.75 Å². The van der Waals surface area contributed by atoms with Gasteiger partial charge in [0.15, 0.2) is 0 Å². The highest BCUT2D eigenvalue weighted by molar-refractivity contribution is 9.11. The quantitative estimate of drug-likeness (QED) is 0.419. The van der Waals surface area contributed by atoms with Gasteiger partial charge in [-0.2, -0.15) is 0 Å². The van der Waals surface area contributed by atoms with E-state index < -0.39 is 4.92 Å². The van der Waals surface area contributed by atoms with Gasteiger partial charge in [-0.1, -0.05) is 33.6 Å². The predicted molar refractivity (Wildman–Crippen MR) is 115 cm³/mol. The normalized spacial score (nSPS) is 14.1. The summed E-state index contributed by atoms with van der Waals surface area (Å²) in [5.74, 6) is 0.310. The van der Waals surface area contributed by atoms with Crippen LogP contribution in [-0.2, 0) is 0 Å². The summed E-state index contributed by atoms with van der Waals surface area (Å²) in [5.41, 5.74) is 0.801. The maximum absolute atomic E-state index is 13.0. The van der Waals surface area contributed by atoms with Gasteiger partial charge in [-0.25, -0.2) is 0 Å². The Kier molecular flexibility index (Phi) is 6.47. The Bertz CT molecular complexity index is 933. The summed E-state index contributed by atoms with van der Waals surface area (Å²) >= 11 is 13.0. The molecule has 0 bridgehead atoms. The fraction of sp³-hybridized carbons (Fsp3) is 0.278. The Morgan fingerprint density at radius 1 is 1.21 bits per heavy atom. The van der Waals surface area contributed by atoms with Gasteiger partial charge in [0.1, 0.15) is 11.4 Å². The van der Waals surface area contributed by atoms with Crippen molar-refractivity contribution in [3.63, 3.8) is 0 Å². The van der Waals surface area contributed by atoms with E-state index in [-0.39, 0.29) is 11.6 Å². The number of para-hydroxylation sites is 1. The first-order valence-corrected chi connectivity index (χ1v) is 10.3. The number of halogens is 3. The molecular weight excluding hydrogens is 517 g/mol. The van der Waals surface area contributed by atoms with Gasteiger partial charge >= 0.3 is 0 Å².